The maximum Gasteiger partial charge on any atom is 0.272 e. The van der Waals surface area contributed by atoms with E-state index in [0.717, 1.165) is 33.8 Å². The fourth-order valence-corrected chi connectivity index (χ4v) is 2.31. The van der Waals surface area contributed by atoms with Crippen LogP contribution in [0.4, 0.5) is 0 Å². The fraction of sp³-hybridized carbons (Fsp3) is 0.200. The van der Waals surface area contributed by atoms with Crippen molar-refractivity contribution >= 4 is 33.8 Å². The maximum absolute atomic E-state index is 11.7. The summed E-state index contributed by atoms with van der Waals surface area (Å²) in [5.74, 6) is 0. The summed E-state index contributed by atoms with van der Waals surface area (Å²) in [7, 11) is 1.74. The van der Waals surface area contributed by atoms with Crippen molar-refractivity contribution in [2.75, 3.05) is 0 Å². The van der Waals surface area contributed by atoms with Gasteiger partial charge in [0.2, 0.25) is 0 Å². The summed E-state index contributed by atoms with van der Waals surface area (Å²) in [5.41, 5.74) is 3.52. The second-order valence-electron chi connectivity index (χ2n) is 3.63. The average Bonchev–Trinajstić information content (AvgIpc) is 2.74. The Morgan fingerprint density at radius 1 is 1.25 bits per heavy atom. The molecule has 0 aliphatic rings. The molecular formula is C10H8N4OS. The molecule has 3 aromatic rings. The van der Waals surface area contributed by atoms with E-state index in [1.54, 1.807) is 18.5 Å². The van der Waals surface area contributed by atoms with Gasteiger partial charge in [-0.25, -0.2) is 4.98 Å². The molecule has 0 fully saturated rings. The summed E-state index contributed by atoms with van der Waals surface area (Å²) in [6.45, 7) is 1.71. The van der Waals surface area contributed by atoms with Crippen LogP contribution in [0.1, 0.15) is 5.69 Å². The third-order valence-corrected chi connectivity index (χ3v) is 3.18. The molecule has 0 saturated carbocycles. The zero-order valence-electron chi connectivity index (χ0n) is 8.76. The van der Waals surface area contributed by atoms with Gasteiger partial charge < -0.3 is 4.57 Å². The van der Waals surface area contributed by atoms with Crippen LogP contribution in [-0.4, -0.2) is 18.3 Å². The number of benzene rings is 1. The van der Waals surface area contributed by atoms with Crippen LogP contribution in [0.5, 0.6) is 0 Å². The zero-order valence-corrected chi connectivity index (χ0v) is 9.58. The predicted molar refractivity (Wildman–Crippen MR) is 62.7 cm³/mol. The number of hydrogen-bond acceptors (Lipinski definition) is 5. The molecule has 2 heterocycles. The Balaban J connectivity index is 2.66. The van der Waals surface area contributed by atoms with Crippen molar-refractivity contribution in [1.29, 1.82) is 0 Å². The van der Waals surface area contributed by atoms with E-state index in [1.807, 2.05) is 12.1 Å². The van der Waals surface area contributed by atoms with Crippen molar-refractivity contribution in [3.63, 3.8) is 0 Å². The molecule has 0 bridgehead atoms. The zero-order chi connectivity index (χ0) is 11.3. The lowest BCUT2D eigenvalue weighted by atomic mass is 10.2. The van der Waals surface area contributed by atoms with Gasteiger partial charge in [0.25, 0.3) is 5.56 Å². The van der Waals surface area contributed by atoms with Crippen molar-refractivity contribution in [2.45, 2.75) is 6.92 Å². The summed E-state index contributed by atoms with van der Waals surface area (Å²) in [5, 5.41) is 0. The van der Waals surface area contributed by atoms with Crippen molar-refractivity contribution in [3.8, 4) is 0 Å². The van der Waals surface area contributed by atoms with Gasteiger partial charge in [0, 0.05) is 7.05 Å². The molecule has 5 nitrogen and oxygen atoms in total. The van der Waals surface area contributed by atoms with E-state index in [4.69, 9.17) is 0 Å². The molecule has 0 unspecified atom stereocenters. The van der Waals surface area contributed by atoms with Gasteiger partial charge in [0.05, 0.1) is 17.2 Å². The molecule has 2 aromatic heterocycles. The SMILES string of the molecule is Cc1nc2c3nsnc3ccc2n(C)c1=O. The van der Waals surface area contributed by atoms with Crippen LogP contribution >= 0.6 is 11.7 Å². The highest BCUT2D eigenvalue weighted by Gasteiger charge is 2.10. The van der Waals surface area contributed by atoms with Gasteiger partial charge in [0.1, 0.15) is 22.2 Å². The van der Waals surface area contributed by atoms with Crippen LogP contribution in [-0.2, 0) is 7.05 Å². The second kappa shape index (κ2) is 3.08. The molecule has 16 heavy (non-hydrogen) atoms. The molecule has 0 atom stereocenters. The van der Waals surface area contributed by atoms with Crippen LogP contribution in [0.15, 0.2) is 16.9 Å². The van der Waals surface area contributed by atoms with Gasteiger partial charge in [0.15, 0.2) is 0 Å². The Morgan fingerprint density at radius 3 is 2.88 bits per heavy atom. The van der Waals surface area contributed by atoms with E-state index in [2.05, 4.69) is 13.7 Å². The quantitative estimate of drug-likeness (QED) is 0.585. The van der Waals surface area contributed by atoms with Gasteiger partial charge in [-0.3, -0.25) is 4.79 Å². The van der Waals surface area contributed by atoms with Crippen LogP contribution in [0.3, 0.4) is 0 Å². The lowest BCUT2D eigenvalue weighted by molar-refractivity contribution is 0.873. The molecule has 0 spiro atoms. The van der Waals surface area contributed by atoms with Crippen LogP contribution in [0.2, 0.25) is 0 Å². The highest BCUT2D eigenvalue weighted by Crippen LogP contribution is 2.20. The number of hydrogen-bond donors (Lipinski definition) is 0. The monoisotopic (exact) mass is 232 g/mol. The molecule has 0 radical (unpaired) electrons. The van der Waals surface area contributed by atoms with Crippen molar-refractivity contribution in [3.05, 3.63) is 28.2 Å². The predicted octanol–water partition coefficient (Wildman–Crippen LogP) is 1.25. The van der Waals surface area contributed by atoms with E-state index in [1.165, 1.54) is 0 Å². The Bertz CT molecular complexity index is 758. The molecule has 1 aromatic carbocycles. The third kappa shape index (κ3) is 1.10. The highest BCUT2D eigenvalue weighted by atomic mass is 32.1. The van der Waals surface area contributed by atoms with Gasteiger partial charge >= 0.3 is 0 Å². The number of fused-ring (bicyclic) bond motifs is 3. The summed E-state index contributed by atoms with van der Waals surface area (Å²) >= 11 is 1.16. The first-order chi connectivity index (χ1) is 7.68. The average molecular weight is 232 g/mol. The topological polar surface area (TPSA) is 60.7 Å². The molecule has 80 valence electrons. The van der Waals surface area contributed by atoms with Gasteiger partial charge in [-0.15, -0.1) is 0 Å². The molecule has 6 heteroatoms. The van der Waals surface area contributed by atoms with E-state index in [-0.39, 0.29) is 5.56 Å². The summed E-state index contributed by atoms with van der Waals surface area (Å²) in [6.07, 6.45) is 0. The Labute approximate surface area is 94.7 Å². The molecule has 3 rings (SSSR count). The van der Waals surface area contributed by atoms with Gasteiger partial charge in [-0.1, -0.05) is 0 Å². The van der Waals surface area contributed by atoms with Gasteiger partial charge in [-0.05, 0) is 19.1 Å². The first-order valence-corrected chi connectivity index (χ1v) is 5.50. The van der Waals surface area contributed by atoms with E-state index in [9.17, 15) is 4.79 Å². The molecule has 0 N–H and O–H groups in total. The first-order valence-electron chi connectivity index (χ1n) is 4.77. The minimum absolute atomic E-state index is 0.0740. The van der Waals surface area contributed by atoms with E-state index >= 15 is 0 Å². The molecule has 0 aliphatic heterocycles. The van der Waals surface area contributed by atoms with Crippen LogP contribution in [0, 0.1) is 6.92 Å². The highest BCUT2D eigenvalue weighted by molar-refractivity contribution is 7.00. The summed E-state index contributed by atoms with van der Waals surface area (Å²) in [6, 6.07) is 3.71. The fourth-order valence-electron chi connectivity index (χ4n) is 1.78. The van der Waals surface area contributed by atoms with Gasteiger partial charge in [-0.2, -0.15) is 8.75 Å². The lowest BCUT2D eigenvalue weighted by Crippen LogP contribution is -2.21. The Morgan fingerprint density at radius 2 is 2.06 bits per heavy atom. The van der Waals surface area contributed by atoms with Crippen LogP contribution in [0.25, 0.3) is 22.1 Å². The van der Waals surface area contributed by atoms with E-state index < -0.39 is 0 Å². The normalized spacial score (nSPS) is 11.4. The minimum atomic E-state index is -0.0740. The number of aryl methyl sites for hydroxylation is 2. The minimum Gasteiger partial charge on any atom is -0.308 e. The number of nitrogens with zero attached hydrogens (tertiary/aromatic N) is 4. The lowest BCUT2D eigenvalue weighted by Gasteiger charge is -2.05. The van der Waals surface area contributed by atoms with Crippen molar-refractivity contribution in [2.24, 2.45) is 7.05 Å². The third-order valence-electron chi connectivity index (χ3n) is 2.63. The first kappa shape index (κ1) is 9.41. The Hall–Kier alpha value is -1.82. The molecule has 0 aliphatic carbocycles. The largest absolute Gasteiger partial charge is 0.308 e. The second-order valence-corrected chi connectivity index (χ2v) is 4.16. The molecule has 0 amide bonds. The number of aromatic nitrogens is 4. The summed E-state index contributed by atoms with van der Waals surface area (Å²) in [4.78, 5) is 16.0. The Kier molecular flexibility index (Phi) is 1.81. The maximum atomic E-state index is 11.7. The van der Waals surface area contributed by atoms with Crippen molar-refractivity contribution < 1.29 is 0 Å². The smallest absolute Gasteiger partial charge is 0.272 e. The molecule has 0 saturated heterocycles. The standard InChI is InChI=1S/C10H8N4OS/c1-5-10(15)14(2)7-4-3-6-8(9(7)11-5)13-16-12-6/h3-4H,1-2H3. The van der Waals surface area contributed by atoms with E-state index in [0.29, 0.717) is 5.69 Å². The number of rotatable bonds is 0. The van der Waals surface area contributed by atoms with Crippen LogP contribution < -0.4 is 5.56 Å². The molecular weight excluding hydrogens is 224 g/mol. The summed E-state index contributed by atoms with van der Waals surface area (Å²) < 4.78 is 9.96. The van der Waals surface area contributed by atoms with Crippen molar-refractivity contribution in [1.82, 2.24) is 18.3 Å².